The molecule has 1 aromatic rings. The smallest absolute Gasteiger partial charge is 0.237 e. The van der Waals surface area contributed by atoms with Gasteiger partial charge in [0, 0.05) is 30.1 Å². The highest BCUT2D eigenvalue weighted by Gasteiger charge is 2.26. The van der Waals surface area contributed by atoms with E-state index in [-0.39, 0.29) is 17.4 Å². The molecule has 1 unspecified atom stereocenters. The molecule has 1 amide bonds. The van der Waals surface area contributed by atoms with Crippen molar-refractivity contribution in [1.82, 2.24) is 10.2 Å². The number of carbonyl (C=O) groups is 1. The molecule has 1 N–H and O–H groups in total. The molecule has 0 radical (unpaired) electrons. The Hall–Kier alpha value is -1.10. The van der Waals surface area contributed by atoms with Gasteiger partial charge in [-0.25, -0.2) is 0 Å². The molecule has 1 atom stereocenters. The van der Waals surface area contributed by atoms with Crippen molar-refractivity contribution in [2.24, 2.45) is 0 Å². The van der Waals surface area contributed by atoms with Crippen molar-refractivity contribution in [1.29, 1.82) is 0 Å². The summed E-state index contributed by atoms with van der Waals surface area (Å²) < 4.78 is 5.33. The van der Waals surface area contributed by atoms with Crippen LogP contribution in [-0.4, -0.2) is 49.7 Å². The van der Waals surface area contributed by atoms with E-state index in [1.165, 1.54) is 0 Å². The fourth-order valence-electron chi connectivity index (χ4n) is 2.59. The summed E-state index contributed by atoms with van der Waals surface area (Å²) in [6, 6.07) is 7.68. The Labute approximate surface area is 137 Å². The van der Waals surface area contributed by atoms with E-state index in [0.717, 1.165) is 23.7 Å². The van der Waals surface area contributed by atoms with Gasteiger partial charge in [-0.3, -0.25) is 9.69 Å². The van der Waals surface area contributed by atoms with E-state index in [0.29, 0.717) is 19.8 Å². The second kappa shape index (κ2) is 7.44. The average Bonchev–Trinajstić information content (AvgIpc) is 2.53. The van der Waals surface area contributed by atoms with Crippen LogP contribution in [0.15, 0.2) is 24.3 Å². The van der Waals surface area contributed by atoms with E-state index in [1.807, 2.05) is 31.2 Å². The quantitative estimate of drug-likeness (QED) is 0.904. The van der Waals surface area contributed by atoms with E-state index in [4.69, 9.17) is 16.3 Å². The third-order valence-electron chi connectivity index (χ3n) is 4.30. The zero-order chi connectivity index (χ0) is 16.2. The number of amides is 1. The fourth-order valence-corrected chi connectivity index (χ4v) is 2.72. The van der Waals surface area contributed by atoms with Crippen LogP contribution in [0.1, 0.15) is 26.3 Å². The Morgan fingerprint density at radius 1 is 1.32 bits per heavy atom. The summed E-state index contributed by atoms with van der Waals surface area (Å²) in [7, 11) is 0. The second-order valence-corrected chi connectivity index (χ2v) is 6.87. The van der Waals surface area contributed by atoms with Crippen LogP contribution < -0.4 is 5.32 Å². The number of rotatable bonds is 5. The van der Waals surface area contributed by atoms with Crippen molar-refractivity contribution < 1.29 is 9.53 Å². The maximum atomic E-state index is 12.4. The minimum atomic E-state index is -0.134. The summed E-state index contributed by atoms with van der Waals surface area (Å²) in [5.74, 6) is 0.0731. The Bertz CT molecular complexity index is 496. The molecule has 0 bridgehead atoms. The summed E-state index contributed by atoms with van der Waals surface area (Å²) in [5, 5.41) is 3.81. The summed E-state index contributed by atoms with van der Waals surface area (Å²) in [5.41, 5.74) is 1.03. The SMILES string of the molecule is CC(C(=O)NCC(C)(C)c1ccc(Cl)cc1)N1CCOCC1. The molecule has 5 heteroatoms. The van der Waals surface area contributed by atoms with Gasteiger partial charge in [-0.05, 0) is 24.6 Å². The van der Waals surface area contributed by atoms with Gasteiger partial charge in [0.05, 0.1) is 19.3 Å². The maximum absolute atomic E-state index is 12.4. The van der Waals surface area contributed by atoms with Crippen molar-refractivity contribution in [2.45, 2.75) is 32.2 Å². The number of hydrogen-bond acceptors (Lipinski definition) is 3. The molecule has 1 aliphatic rings. The summed E-state index contributed by atoms with van der Waals surface area (Å²) in [4.78, 5) is 14.5. The van der Waals surface area contributed by atoms with Gasteiger partial charge in [-0.1, -0.05) is 37.6 Å². The van der Waals surface area contributed by atoms with Gasteiger partial charge < -0.3 is 10.1 Å². The summed E-state index contributed by atoms with van der Waals surface area (Å²) in [6.07, 6.45) is 0. The molecule has 22 heavy (non-hydrogen) atoms. The minimum Gasteiger partial charge on any atom is -0.379 e. The highest BCUT2D eigenvalue weighted by atomic mass is 35.5. The van der Waals surface area contributed by atoms with Gasteiger partial charge in [0.15, 0.2) is 0 Å². The number of morpholine rings is 1. The van der Waals surface area contributed by atoms with Gasteiger partial charge >= 0.3 is 0 Å². The standard InChI is InChI=1S/C17H25ClN2O2/c1-13(20-8-10-22-11-9-20)16(21)19-12-17(2,3)14-4-6-15(18)7-5-14/h4-7,13H,8-12H2,1-3H3,(H,19,21). The molecular formula is C17H25ClN2O2. The van der Waals surface area contributed by atoms with Crippen LogP contribution in [0, 0.1) is 0 Å². The van der Waals surface area contributed by atoms with Crippen molar-refractivity contribution in [3.63, 3.8) is 0 Å². The third-order valence-corrected chi connectivity index (χ3v) is 4.56. The molecule has 0 aromatic heterocycles. The Morgan fingerprint density at radius 2 is 1.91 bits per heavy atom. The number of nitrogens with zero attached hydrogens (tertiary/aromatic N) is 1. The average molecular weight is 325 g/mol. The van der Waals surface area contributed by atoms with Crippen LogP contribution >= 0.6 is 11.6 Å². The minimum absolute atomic E-state index is 0.0731. The first-order valence-electron chi connectivity index (χ1n) is 7.76. The van der Waals surface area contributed by atoms with Crippen LogP contribution in [0.5, 0.6) is 0 Å². The van der Waals surface area contributed by atoms with Crippen LogP contribution in [0.3, 0.4) is 0 Å². The number of hydrogen-bond donors (Lipinski definition) is 1. The molecule has 0 aliphatic carbocycles. The summed E-state index contributed by atoms with van der Waals surface area (Å²) in [6.45, 7) is 9.83. The second-order valence-electron chi connectivity index (χ2n) is 6.43. The molecule has 0 saturated carbocycles. The molecule has 0 spiro atoms. The Morgan fingerprint density at radius 3 is 2.50 bits per heavy atom. The van der Waals surface area contributed by atoms with Crippen molar-refractivity contribution in [2.75, 3.05) is 32.8 Å². The Balaban J connectivity index is 1.90. The molecule has 1 aliphatic heterocycles. The molecule has 1 aromatic carbocycles. The molecule has 1 fully saturated rings. The van der Waals surface area contributed by atoms with E-state index in [2.05, 4.69) is 24.1 Å². The number of halogens is 1. The predicted octanol–water partition coefficient (Wildman–Crippen LogP) is 2.45. The van der Waals surface area contributed by atoms with Gasteiger partial charge in [-0.2, -0.15) is 0 Å². The number of ether oxygens (including phenoxy) is 1. The molecule has 122 valence electrons. The van der Waals surface area contributed by atoms with Gasteiger partial charge in [-0.15, -0.1) is 0 Å². The predicted molar refractivity (Wildman–Crippen MR) is 89.3 cm³/mol. The molecule has 1 heterocycles. The fraction of sp³-hybridized carbons (Fsp3) is 0.588. The number of carbonyl (C=O) groups excluding carboxylic acids is 1. The topological polar surface area (TPSA) is 41.6 Å². The normalized spacial score (nSPS) is 18.0. The lowest BCUT2D eigenvalue weighted by Gasteiger charge is -2.32. The van der Waals surface area contributed by atoms with Crippen molar-refractivity contribution in [3.05, 3.63) is 34.9 Å². The first-order valence-corrected chi connectivity index (χ1v) is 8.13. The monoisotopic (exact) mass is 324 g/mol. The highest BCUT2D eigenvalue weighted by molar-refractivity contribution is 6.30. The number of nitrogens with one attached hydrogen (secondary N) is 1. The molecular weight excluding hydrogens is 300 g/mol. The van der Waals surface area contributed by atoms with Crippen molar-refractivity contribution in [3.8, 4) is 0 Å². The third kappa shape index (κ3) is 4.45. The lowest BCUT2D eigenvalue weighted by molar-refractivity contribution is -0.127. The Kier molecular flexibility index (Phi) is 5.84. The van der Waals surface area contributed by atoms with E-state index in [9.17, 15) is 4.79 Å². The van der Waals surface area contributed by atoms with E-state index < -0.39 is 0 Å². The summed E-state index contributed by atoms with van der Waals surface area (Å²) >= 11 is 5.93. The van der Waals surface area contributed by atoms with Gasteiger partial charge in [0.25, 0.3) is 0 Å². The number of benzene rings is 1. The maximum Gasteiger partial charge on any atom is 0.237 e. The van der Waals surface area contributed by atoms with Gasteiger partial charge in [0.2, 0.25) is 5.91 Å². The van der Waals surface area contributed by atoms with Crippen LogP contribution in [0.25, 0.3) is 0 Å². The van der Waals surface area contributed by atoms with E-state index >= 15 is 0 Å². The molecule has 2 rings (SSSR count). The largest absolute Gasteiger partial charge is 0.379 e. The molecule has 1 saturated heterocycles. The van der Waals surface area contributed by atoms with E-state index in [1.54, 1.807) is 0 Å². The zero-order valence-corrected chi connectivity index (χ0v) is 14.3. The lowest BCUT2D eigenvalue weighted by atomic mass is 9.84. The first-order chi connectivity index (χ1) is 10.4. The van der Waals surface area contributed by atoms with Crippen molar-refractivity contribution >= 4 is 17.5 Å². The highest BCUT2D eigenvalue weighted by Crippen LogP contribution is 2.24. The van der Waals surface area contributed by atoms with Crippen LogP contribution in [-0.2, 0) is 14.9 Å². The van der Waals surface area contributed by atoms with Gasteiger partial charge in [0.1, 0.15) is 0 Å². The van der Waals surface area contributed by atoms with Crippen LogP contribution in [0.2, 0.25) is 5.02 Å². The lowest BCUT2D eigenvalue weighted by Crippen LogP contribution is -2.51. The molecule has 4 nitrogen and oxygen atoms in total. The zero-order valence-electron chi connectivity index (χ0n) is 13.6. The van der Waals surface area contributed by atoms with Crippen LogP contribution in [0.4, 0.5) is 0 Å². The first kappa shape index (κ1) is 17.3.